The Morgan fingerprint density at radius 3 is 2.79 bits per heavy atom. The first-order valence-electron chi connectivity index (χ1n) is 6.37. The number of rotatable bonds is 2. The third-order valence-corrected chi connectivity index (χ3v) is 3.64. The first-order chi connectivity index (χ1) is 9.00. The molecule has 5 heteroatoms. The van der Waals surface area contributed by atoms with Gasteiger partial charge >= 0.3 is 12.0 Å². The maximum atomic E-state index is 12.1. The number of carbonyl (C=O) groups is 2. The van der Waals surface area contributed by atoms with Crippen LogP contribution in [0.25, 0.3) is 0 Å². The van der Waals surface area contributed by atoms with Gasteiger partial charge in [-0.3, -0.25) is 0 Å². The van der Waals surface area contributed by atoms with Gasteiger partial charge in [0.2, 0.25) is 0 Å². The predicted molar refractivity (Wildman–Crippen MR) is 72.3 cm³/mol. The normalized spacial score (nSPS) is 18.4. The van der Waals surface area contributed by atoms with Crippen LogP contribution >= 0.6 is 0 Å². The van der Waals surface area contributed by atoms with Crippen molar-refractivity contribution in [2.75, 3.05) is 11.9 Å². The molecule has 2 amide bonds. The molecular formula is C14H18N2O3. The van der Waals surface area contributed by atoms with Gasteiger partial charge in [-0.05, 0) is 43.9 Å². The van der Waals surface area contributed by atoms with Crippen LogP contribution in [0.2, 0.25) is 0 Å². The van der Waals surface area contributed by atoms with Crippen molar-refractivity contribution in [3.8, 4) is 0 Å². The molecule has 0 saturated carbocycles. The van der Waals surface area contributed by atoms with Gasteiger partial charge in [0, 0.05) is 12.2 Å². The molecule has 0 radical (unpaired) electrons. The topological polar surface area (TPSA) is 69.6 Å². The molecule has 1 fully saturated rings. The Hall–Kier alpha value is -2.04. The number of anilines is 1. The van der Waals surface area contributed by atoms with E-state index >= 15 is 0 Å². The Morgan fingerprint density at radius 1 is 1.37 bits per heavy atom. The second kappa shape index (κ2) is 5.30. The Bertz CT molecular complexity index is 513. The largest absolute Gasteiger partial charge is 0.480 e. The summed E-state index contributed by atoms with van der Waals surface area (Å²) in [5.74, 6) is -0.936. The highest BCUT2D eigenvalue weighted by atomic mass is 16.4. The molecule has 1 heterocycles. The van der Waals surface area contributed by atoms with Crippen molar-refractivity contribution in [1.29, 1.82) is 0 Å². The van der Waals surface area contributed by atoms with Crippen molar-refractivity contribution < 1.29 is 14.7 Å². The maximum Gasteiger partial charge on any atom is 0.326 e. The number of carbonyl (C=O) groups excluding carboxylic acids is 1. The van der Waals surface area contributed by atoms with E-state index in [2.05, 4.69) is 5.32 Å². The second-order valence-corrected chi connectivity index (χ2v) is 4.87. The molecule has 5 nitrogen and oxygen atoms in total. The van der Waals surface area contributed by atoms with Crippen molar-refractivity contribution in [2.45, 2.75) is 32.7 Å². The fourth-order valence-electron chi connectivity index (χ4n) is 2.34. The molecular weight excluding hydrogens is 244 g/mol. The van der Waals surface area contributed by atoms with E-state index in [1.54, 1.807) is 0 Å². The maximum absolute atomic E-state index is 12.1. The number of amides is 2. The van der Waals surface area contributed by atoms with Gasteiger partial charge in [-0.1, -0.05) is 12.1 Å². The van der Waals surface area contributed by atoms with E-state index in [0.29, 0.717) is 13.0 Å². The zero-order valence-electron chi connectivity index (χ0n) is 11.1. The van der Waals surface area contributed by atoms with E-state index in [9.17, 15) is 9.59 Å². The van der Waals surface area contributed by atoms with Gasteiger partial charge in [0.05, 0.1) is 0 Å². The van der Waals surface area contributed by atoms with Crippen molar-refractivity contribution in [1.82, 2.24) is 4.90 Å². The van der Waals surface area contributed by atoms with Gasteiger partial charge in [-0.15, -0.1) is 0 Å². The SMILES string of the molecule is Cc1cccc(NC(=O)N2CCC[C@H]2C(=O)O)c1C. The van der Waals surface area contributed by atoms with Crippen LogP contribution < -0.4 is 5.32 Å². The van der Waals surface area contributed by atoms with Crippen LogP contribution in [0.5, 0.6) is 0 Å². The number of hydrogen-bond acceptors (Lipinski definition) is 2. The highest BCUT2D eigenvalue weighted by molar-refractivity contribution is 5.93. The second-order valence-electron chi connectivity index (χ2n) is 4.87. The summed E-state index contributed by atoms with van der Waals surface area (Å²) in [6.07, 6.45) is 1.26. The number of hydrogen-bond donors (Lipinski definition) is 2. The van der Waals surface area contributed by atoms with Crippen LogP contribution in [0.3, 0.4) is 0 Å². The molecule has 1 saturated heterocycles. The van der Waals surface area contributed by atoms with Crippen molar-refractivity contribution in [3.63, 3.8) is 0 Å². The van der Waals surface area contributed by atoms with E-state index in [1.165, 1.54) is 4.90 Å². The number of aryl methyl sites for hydroxylation is 1. The molecule has 19 heavy (non-hydrogen) atoms. The van der Waals surface area contributed by atoms with Crippen molar-refractivity contribution in [3.05, 3.63) is 29.3 Å². The number of urea groups is 1. The van der Waals surface area contributed by atoms with Gasteiger partial charge in [0.25, 0.3) is 0 Å². The zero-order valence-corrected chi connectivity index (χ0v) is 11.1. The summed E-state index contributed by atoms with van der Waals surface area (Å²) in [6.45, 7) is 4.40. The molecule has 1 aliphatic rings. The summed E-state index contributed by atoms with van der Waals surface area (Å²) < 4.78 is 0. The van der Waals surface area contributed by atoms with Gasteiger partial charge < -0.3 is 15.3 Å². The van der Waals surface area contributed by atoms with Gasteiger partial charge in [0.1, 0.15) is 6.04 Å². The highest BCUT2D eigenvalue weighted by Gasteiger charge is 2.34. The first-order valence-corrected chi connectivity index (χ1v) is 6.37. The average molecular weight is 262 g/mol. The molecule has 1 aromatic rings. The summed E-state index contributed by atoms with van der Waals surface area (Å²) in [7, 11) is 0. The number of carboxylic acid groups (broad SMARTS) is 1. The fraction of sp³-hybridized carbons (Fsp3) is 0.429. The Labute approximate surface area is 112 Å². The number of nitrogens with one attached hydrogen (secondary N) is 1. The van der Waals surface area contributed by atoms with Gasteiger partial charge in [-0.25, -0.2) is 9.59 Å². The third-order valence-electron chi connectivity index (χ3n) is 3.64. The summed E-state index contributed by atoms with van der Waals surface area (Å²) in [4.78, 5) is 24.6. The van der Waals surface area contributed by atoms with Crippen LogP contribution in [0.15, 0.2) is 18.2 Å². The summed E-state index contributed by atoms with van der Waals surface area (Å²) in [5.41, 5.74) is 2.83. The smallest absolute Gasteiger partial charge is 0.326 e. The molecule has 2 N–H and O–H groups in total. The van der Waals surface area contributed by atoms with Gasteiger partial charge in [0.15, 0.2) is 0 Å². The molecule has 0 spiro atoms. The lowest BCUT2D eigenvalue weighted by Gasteiger charge is -2.22. The lowest BCUT2D eigenvalue weighted by Crippen LogP contribution is -2.42. The number of aliphatic carboxylic acids is 1. The van der Waals surface area contributed by atoms with Gasteiger partial charge in [-0.2, -0.15) is 0 Å². The molecule has 102 valence electrons. The molecule has 0 aliphatic carbocycles. The standard InChI is InChI=1S/C14H18N2O3/c1-9-5-3-6-11(10(9)2)15-14(19)16-8-4-7-12(16)13(17)18/h3,5-6,12H,4,7-8H2,1-2H3,(H,15,19)(H,17,18)/t12-/m0/s1. The minimum absolute atomic E-state index is 0.335. The monoisotopic (exact) mass is 262 g/mol. The predicted octanol–water partition coefficient (Wildman–Crippen LogP) is 2.38. The minimum Gasteiger partial charge on any atom is -0.480 e. The molecule has 0 aromatic heterocycles. The van der Waals surface area contributed by atoms with Crippen LogP contribution in [0.1, 0.15) is 24.0 Å². The van der Waals surface area contributed by atoms with Crippen molar-refractivity contribution >= 4 is 17.7 Å². The lowest BCUT2D eigenvalue weighted by molar-refractivity contribution is -0.141. The molecule has 0 bridgehead atoms. The Balaban J connectivity index is 2.13. The number of likely N-dealkylation sites (tertiary alicyclic amines) is 1. The summed E-state index contributed by atoms with van der Waals surface area (Å²) >= 11 is 0. The lowest BCUT2D eigenvalue weighted by atomic mass is 10.1. The van der Waals surface area contributed by atoms with E-state index < -0.39 is 12.0 Å². The van der Waals surface area contributed by atoms with E-state index in [-0.39, 0.29) is 6.03 Å². The van der Waals surface area contributed by atoms with Crippen LogP contribution in [0, 0.1) is 13.8 Å². The Kier molecular flexibility index (Phi) is 3.74. The zero-order chi connectivity index (χ0) is 14.0. The van der Waals surface area contributed by atoms with E-state index in [4.69, 9.17) is 5.11 Å². The molecule has 1 aromatic carbocycles. The highest BCUT2D eigenvalue weighted by Crippen LogP contribution is 2.22. The first kappa shape index (κ1) is 13.4. The number of nitrogens with zero attached hydrogens (tertiary/aromatic N) is 1. The quantitative estimate of drug-likeness (QED) is 0.859. The van der Waals surface area contributed by atoms with E-state index in [0.717, 1.165) is 23.2 Å². The third kappa shape index (κ3) is 2.70. The molecule has 0 unspecified atom stereocenters. The van der Waals surface area contributed by atoms with Crippen LogP contribution in [-0.2, 0) is 4.79 Å². The summed E-state index contributed by atoms with van der Waals surface area (Å²) in [6, 6.07) is 4.63. The van der Waals surface area contributed by atoms with Crippen LogP contribution in [-0.4, -0.2) is 34.6 Å². The minimum atomic E-state index is -0.936. The fourth-order valence-corrected chi connectivity index (χ4v) is 2.34. The molecule has 1 aliphatic heterocycles. The average Bonchev–Trinajstić information content (AvgIpc) is 2.84. The number of benzene rings is 1. The van der Waals surface area contributed by atoms with Crippen LogP contribution in [0.4, 0.5) is 10.5 Å². The number of carboxylic acids is 1. The van der Waals surface area contributed by atoms with E-state index in [1.807, 2.05) is 32.0 Å². The molecule has 2 rings (SSSR count). The Morgan fingerprint density at radius 2 is 2.11 bits per heavy atom. The molecule has 1 atom stereocenters. The van der Waals surface area contributed by atoms with Crippen molar-refractivity contribution in [2.24, 2.45) is 0 Å². The summed E-state index contributed by atoms with van der Waals surface area (Å²) in [5, 5.41) is 11.9.